The van der Waals surface area contributed by atoms with E-state index in [0.717, 1.165) is 22.1 Å². The van der Waals surface area contributed by atoms with Crippen LogP contribution < -0.4 is 10.1 Å². The molecule has 0 aliphatic carbocycles. The zero-order valence-corrected chi connectivity index (χ0v) is 13.4. The molecule has 114 valence electrons. The van der Waals surface area contributed by atoms with Crippen molar-refractivity contribution in [1.29, 1.82) is 0 Å². The van der Waals surface area contributed by atoms with Crippen LogP contribution in [0.15, 0.2) is 66.1 Å². The number of hydrogen-bond donors (Lipinski definition) is 1. The first kappa shape index (κ1) is 16.2. The lowest BCUT2D eigenvalue weighted by molar-refractivity contribution is 0.102. The summed E-state index contributed by atoms with van der Waals surface area (Å²) in [7, 11) is 0. The molecule has 0 spiro atoms. The van der Waals surface area contributed by atoms with E-state index < -0.39 is 0 Å². The van der Waals surface area contributed by atoms with Crippen molar-refractivity contribution in [3.8, 4) is 5.75 Å². The van der Waals surface area contributed by atoms with Crippen LogP contribution >= 0.6 is 11.8 Å². The zero-order chi connectivity index (χ0) is 15.8. The van der Waals surface area contributed by atoms with Crippen LogP contribution in [0, 0.1) is 0 Å². The SMILES string of the molecule is C=CCSc1ccccc1C(=O)Nc1cccc(OCC)c1. The third-order valence-electron chi connectivity index (χ3n) is 2.89. The van der Waals surface area contributed by atoms with E-state index in [0.29, 0.717) is 12.2 Å². The summed E-state index contributed by atoms with van der Waals surface area (Å²) in [5.41, 5.74) is 1.38. The van der Waals surface area contributed by atoms with E-state index >= 15 is 0 Å². The fourth-order valence-corrected chi connectivity index (χ4v) is 2.75. The van der Waals surface area contributed by atoms with E-state index in [9.17, 15) is 4.79 Å². The predicted octanol–water partition coefficient (Wildman–Crippen LogP) is 4.62. The molecule has 2 aromatic rings. The Bertz CT molecular complexity index is 655. The summed E-state index contributed by atoms with van der Waals surface area (Å²) in [4.78, 5) is 13.4. The first-order valence-electron chi connectivity index (χ1n) is 7.11. The van der Waals surface area contributed by atoms with Crippen molar-refractivity contribution in [3.63, 3.8) is 0 Å². The van der Waals surface area contributed by atoms with Gasteiger partial charge in [0.1, 0.15) is 5.75 Å². The molecule has 0 atom stereocenters. The highest BCUT2D eigenvalue weighted by atomic mass is 32.2. The van der Waals surface area contributed by atoms with Gasteiger partial charge in [-0.2, -0.15) is 0 Å². The summed E-state index contributed by atoms with van der Waals surface area (Å²) in [6.45, 7) is 6.23. The fourth-order valence-electron chi connectivity index (χ4n) is 1.96. The van der Waals surface area contributed by atoms with Gasteiger partial charge >= 0.3 is 0 Å². The molecule has 0 fully saturated rings. The highest BCUT2D eigenvalue weighted by molar-refractivity contribution is 7.99. The molecule has 0 radical (unpaired) electrons. The van der Waals surface area contributed by atoms with Gasteiger partial charge < -0.3 is 10.1 Å². The van der Waals surface area contributed by atoms with Crippen LogP contribution in [0.4, 0.5) is 5.69 Å². The van der Waals surface area contributed by atoms with Gasteiger partial charge in [-0.05, 0) is 31.2 Å². The van der Waals surface area contributed by atoms with Gasteiger partial charge in [-0.15, -0.1) is 18.3 Å². The first-order chi connectivity index (χ1) is 10.7. The molecule has 0 bridgehead atoms. The Morgan fingerprint density at radius 3 is 2.86 bits per heavy atom. The predicted molar refractivity (Wildman–Crippen MR) is 92.9 cm³/mol. The number of ether oxygens (including phenoxy) is 1. The number of carbonyl (C=O) groups is 1. The number of rotatable bonds is 7. The van der Waals surface area contributed by atoms with Crippen LogP contribution in [0.1, 0.15) is 17.3 Å². The molecule has 4 heteroatoms. The van der Waals surface area contributed by atoms with E-state index in [1.165, 1.54) is 0 Å². The number of nitrogens with one attached hydrogen (secondary N) is 1. The van der Waals surface area contributed by atoms with Gasteiger partial charge in [-0.25, -0.2) is 0 Å². The third kappa shape index (κ3) is 4.40. The van der Waals surface area contributed by atoms with E-state index in [-0.39, 0.29) is 5.91 Å². The molecule has 1 N–H and O–H groups in total. The summed E-state index contributed by atoms with van der Waals surface area (Å²) < 4.78 is 5.44. The van der Waals surface area contributed by atoms with Crippen molar-refractivity contribution in [1.82, 2.24) is 0 Å². The second-order valence-corrected chi connectivity index (χ2v) is 5.57. The zero-order valence-electron chi connectivity index (χ0n) is 12.5. The number of amides is 1. The van der Waals surface area contributed by atoms with E-state index in [4.69, 9.17) is 4.74 Å². The van der Waals surface area contributed by atoms with Gasteiger partial charge in [0.25, 0.3) is 5.91 Å². The van der Waals surface area contributed by atoms with Gasteiger partial charge in [0.2, 0.25) is 0 Å². The molecule has 0 saturated heterocycles. The molecular formula is C18H19NO2S. The highest BCUT2D eigenvalue weighted by Crippen LogP contribution is 2.24. The van der Waals surface area contributed by atoms with Gasteiger partial charge in [0.05, 0.1) is 12.2 Å². The minimum Gasteiger partial charge on any atom is -0.494 e. The quantitative estimate of drug-likeness (QED) is 0.599. The van der Waals surface area contributed by atoms with Crippen molar-refractivity contribution in [3.05, 3.63) is 66.7 Å². The Hall–Kier alpha value is -2.20. The molecule has 1 amide bonds. The van der Waals surface area contributed by atoms with Crippen molar-refractivity contribution in [2.24, 2.45) is 0 Å². The number of thioether (sulfide) groups is 1. The average molecular weight is 313 g/mol. The maximum atomic E-state index is 12.5. The van der Waals surface area contributed by atoms with Crippen LogP contribution in [-0.2, 0) is 0 Å². The molecule has 22 heavy (non-hydrogen) atoms. The van der Waals surface area contributed by atoms with Crippen LogP contribution in [0.25, 0.3) is 0 Å². The molecule has 3 nitrogen and oxygen atoms in total. The number of anilines is 1. The van der Waals surface area contributed by atoms with Gasteiger partial charge in [-0.3, -0.25) is 4.79 Å². The smallest absolute Gasteiger partial charge is 0.256 e. The Labute approximate surface area is 135 Å². The maximum Gasteiger partial charge on any atom is 0.256 e. The lowest BCUT2D eigenvalue weighted by Crippen LogP contribution is -2.13. The Balaban J connectivity index is 2.15. The second kappa shape index (κ2) is 8.29. The molecule has 0 aromatic heterocycles. The minimum absolute atomic E-state index is 0.124. The summed E-state index contributed by atoms with van der Waals surface area (Å²) >= 11 is 1.59. The van der Waals surface area contributed by atoms with Gasteiger partial charge in [0.15, 0.2) is 0 Å². The molecule has 0 unspecified atom stereocenters. The molecular weight excluding hydrogens is 294 g/mol. The summed E-state index contributed by atoms with van der Waals surface area (Å²) in [6.07, 6.45) is 1.82. The largest absolute Gasteiger partial charge is 0.494 e. The normalized spacial score (nSPS) is 10.0. The van der Waals surface area contributed by atoms with E-state index in [1.807, 2.05) is 61.5 Å². The number of hydrogen-bond acceptors (Lipinski definition) is 3. The minimum atomic E-state index is -0.124. The maximum absolute atomic E-state index is 12.5. The second-order valence-electron chi connectivity index (χ2n) is 4.51. The lowest BCUT2D eigenvalue weighted by atomic mass is 10.2. The Morgan fingerprint density at radius 2 is 2.09 bits per heavy atom. The number of benzene rings is 2. The van der Waals surface area contributed by atoms with E-state index in [2.05, 4.69) is 11.9 Å². The third-order valence-corrected chi connectivity index (χ3v) is 3.96. The van der Waals surface area contributed by atoms with Crippen molar-refractivity contribution in [2.45, 2.75) is 11.8 Å². The highest BCUT2D eigenvalue weighted by Gasteiger charge is 2.11. The molecule has 2 rings (SSSR count). The molecule has 0 aliphatic rings. The van der Waals surface area contributed by atoms with Crippen LogP contribution in [-0.4, -0.2) is 18.3 Å². The van der Waals surface area contributed by atoms with E-state index in [1.54, 1.807) is 11.8 Å². The Kier molecular flexibility index (Phi) is 6.10. The molecule has 0 saturated carbocycles. The fraction of sp³-hybridized carbons (Fsp3) is 0.167. The van der Waals surface area contributed by atoms with Crippen LogP contribution in [0.3, 0.4) is 0 Å². The van der Waals surface area contributed by atoms with Crippen molar-refractivity contribution < 1.29 is 9.53 Å². The Morgan fingerprint density at radius 1 is 1.27 bits per heavy atom. The first-order valence-corrected chi connectivity index (χ1v) is 8.10. The summed E-state index contributed by atoms with van der Waals surface area (Å²) in [5.74, 6) is 1.39. The topological polar surface area (TPSA) is 38.3 Å². The van der Waals surface area contributed by atoms with Crippen LogP contribution in [0.2, 0.25) is 0 Å². The molecule has 0 aliphatic heterocycles. The lowest BCUT2D eigenvalue weighted by Gasteiger charge is -2.10. The van der Waals surface area contributed by atoms with Crippen LogP contribution in [0.5, 0.6) is 5.75 Å². The van der Waals surface area contributed by atoms with Crippen molar-refractivity contribution in [2.75, 3.05) is 17.7 Å². The monoisotopic (exact) mass is 313 g/mol. The molecule has 0 heterocycles. The summed E-state index contributed by atoms with van der Waals surface area (Å²) in [5, 5.41) is 2.92. The van der Waals surface area contributed by atoms with Gasteiger partial charge in [-0.1, -0.05) is 24.3 Å². The number of carbonyl (C=O) groups excluding carboxylic acids is 1. The average Bonchev–Trinajstić information content (AvgIpc) is 2.54. The standard InChI is InChI=1S/C18H19NO2S/c1-3-12-22-17-11-6-5-10-16(17)18(20)19-14-8-7-9-15(13-14)21-4-2/h3,5-11,13H,1,4,12H2,2H3,(H,19,20). The summed E-state index contributed by atoms with van der Waals surface area (Å²) in [6, 6.07) is 15.0. The van der Waals surface area contributed by atoms with Crippen molar-refractivity contribution >= 4 is 23.4 Å². The van der Waals surface area contributed by atoms with Gasteiger partial charge in [0, 0.05) is 22.4 Å². The molecule has 2 aromatic carbocycles.